The van der Waals surface area contributed by atoms with Crippen LogP contribution in [0.2, 0.25) is 0 Å². The number of rotatable bonds is 7. The van der Waals surface area contributed by atoms with Crippen LogP contribution in [-0.2, 0) is 18.3 Å². The summed E-state index contributed by atoms with van der Waals surface area (Å²) in [4.78, 5) is 20.4. The second-order valence-corrected chi connectivity index (χ2v) is 5.93. The SMILES string of the molecule is CC(C)(C)OC(=O)NCCOP(=O)(O)OCCC#N. The van der Waals surface area contributed by atoms with Gasteiger partial charge < -0.3 is 14.9 Å². The number of carbonyl (C=O) groups is 1. The van der Waals surface area contributed by atoms with Gasteiger partial charge in [0.25, 0.3) is 0 Å². The summed E-state index contributed by atoms with van der Waals surface area (Å²) in [6, 6.07) is 1.76. The maximum absolute atomic E-state index is 11.2. The Labute approximate surface area is 112 Å². The summed E-state index contributed by atoms with van der Waals surface area (Å²) >= 11 is 0. The Balaban J connectivity index is 3.77. The van der Waals surface area contributed by atoms with E-state index in [1.165, 1.54) is 0 Å². The number of nitrogens with zero attached hydrogens (tertiary/aromatic N) is 1. The minimum absolute atomic E-state index is 0.00106. The molecule has 0 aliphatic rings. The maximum atomic E-state index is 11.2. The lowest BCUT2D eigenvalue weighted by molar-refractivity contribution is 0.0513. The number of nitriles is 1. The molecule has 9 heteroatoms. The second-order valence-electron chi connectivity index (χ2n) is 4.47. The van der Waals surface area contributed by atoms with Crippen molar-refractivity contribution in [3.05, 3.63) is 0 Å². The van der Waals surface area contributed by atoms with Crippen LogP contribution in [0.5, 0.6) is 0 Å². The van der Waals surface area contributed by atoms with Crippen molar-refractivity contribution in [1.82, 2.24) is 5.32 Å². The fourth-order valence-electron chi connectivity index (χ4n) is 0.872. The van der Waals surface area contributed by atoms with Crippen molar-refractivity contribution in [3.8, 4) is 6.07 Å². The molecule has 1 unspecified atom stereocenters. The van der Waals surface area contributed by atoms with Gasteiger partial charge in [0.2, 0.25) is 0 Å². The van der Waals surface area contributed by atoms with Gasteiger partial charge in [-0.2, -0.15) is 5.26 Å². The number of phosphoric acid groups is 1. The van der Waals surface area contributed by atoms with Gasteiger partial charge in [0.15, 0.2) is 0 Å². The molecule has 0 bridgehead atoms. The van der Waals surface area contributed by atoms with E-state index in [1.807, 2.05) is 0 Å². The Morgan fingerprint density at radius 3 is 2.47 bits per heavy atom. The summed E-state index contributed by atoms with van der Waals surface area (Å²) in [6.45, 7) is 4.75. The van der Waals surface area contributed by atoms with E-state index >= 15 is 0 Å². The minimum atomic E-state index is -4.17. The monoisotopic (exact) mass is 294 g/mol. The average molecular weight is 294 g/mol. The smallest absolute Gasteiger partial charge is 0.444 e. The molecule has 0 saturated carbocycles. The zero-order chi connectivity index (χ0) is 14.9. The topological polar surface area (TPSA) is 118 Å². The lowest BCUT2D eigenvalue weighted by Gasteiger charge is -2.19. The normalized spacial score (nSPS) is 14.3. The van der Waals surface area contributed by atoms with Gasteiger partial charge in [0, 0.05) is 6.54 Å². The minimum Gasteiger partial charge on any atom is -0.444 e. The van der Waals surface area contributed by atoms with Crippen LogP contribution in [0.15, 0.2) is 0 Å². The molecule has 2 N–H and O–H groups in total. The van der Waals surface area contributed by atoms with E-state index in [0.717, 1.165) is 0 Å². The number of alkyl carbamates (subject to hydrolysis) is 1. The van der Waals surface area contributed by atoms with Crippen LogP contribution in [-0.4, -0.2) is 36.3 Å². The predicted molar refractivity (Wildman–Crippen MR) is 66.2 cm³/mol. The summed E-state index contributed by atoms with van der Waals surface area (Å²) in [6.07, 6.45) is -0.654. The third-order valence-corrected chi connectivity index (χ3v) is 2.51. The molecule has 0 rings (SSSR count). The quantitative estimate of drug-likeness (QED) is 0.540. The highest BCUT2D eigenvalue weighted by atomic mass is 31.2. The van der Waals surface area contributed by atoms with Crippen molar-refractivity contribution in [2.45, 2.75) is 32.8 Å². The molecule has 0 aromatic carbocycles. The van der Waals surface area contributed by atoms with Gasteiger partial charge in [-0.05, 0) is 20.8 Å². The van der Waals surface area contributed by atoms with Gasteiger partial charge in [0.1, 0.15) is 5.60 Å². The van der Waals surface area contributed by atoms with Crippen LogP contribution in [0.4, 0.5) is 4.79 Å². The molecule has 1 amide bonds. The molecule has 0 radical (unpaired) electrons. The number of carbonyl (C=O) groups excluding carboxylic acids is 1. The Bertz CT molecular complexity index is 373. The largest absolute Gasteiger partial charge is 0.472 e. The summed E-state index contributed by atoms with van der Waals surface area (Å²) in [5.74, 6) is 0. The molecule has 0 fully saturated rings. The van der Waals surface area contributed by atoms with Crippen LogP contribution in [0.1, 0.15) is 27.2 Å². The Hall–Kier alpha value is -1.13. The van der Waals surface area contributed by atoms with Crippen LogP contribution in [0.25, 0.3) is 0 Å². The number of hydrogen-bond acceptors (Lipinski definition) is 6. The van der Waals surface area contributed by atoms with Crippen molar-refractivity contribution < 1.29 is 28.0 Å². The molecule has 1 atom stereocenters. The number of nitrogens with one attached hydrogen (secondary N) is 1. The van der Waals surface area contributed by atoms with E-state index in [-0.39, 0.29) is 26.2 Å². The molecule has 0 aromatic heterocycles. The number of hydrogen-bond donors (Lipinski definition) is 2. The molecule has 19 heavy (non-hydrogen) atoms. The van der Waals surface area contributed by atoms with E-state index in [4.69, 9.17) is 14.9 Å². The highest BCUT2D eigenvalue weighted by molar-refractivity contribution is 7.47. The fourth-order valence-corrected chi connectivity index (χ4v) is 1.59. The molecule has 0 aliphatic heterocycles. The molecule has 0 aliphatic carbocycles. The van der Waals surface area contributed by atoms with Gasteiger partial charge in [-0.15, -0.1) is 0 Å². The summed E-state index contributed by atoms with van der Waals surface area (Å²) in [5, 5.41) is 10.6. The predicted octanol–water partition coefficient (Wildman–Crippen LogP) is 1.56. The molecule has 0 saturated heterocycles. The molecule has 0 aromatic rings. The zero-order valence-corrected chi connectivity index (χ0v) is 12.1. The highest BCUT2D eigenvalue weighted by Gasteiger charge is 2.21. The van der Waals surface area contributed by atoms with Crippen molar-refractivity contribution in [2.24, 2.45) is 0 Å². The van der Waals surface area contributed by atoms with Gasteiger partial charge in [-0.25, -0.2) is 9.36 Å². The zero-order valence-electron chi connectivity index (χ0n) is 11.2. The van der Waals surface area contributed by atoms with Crippen LogP contribution >= 0.6 is 7.82 Å². The second kappa shape index (κ2) is 8.12. The molecule has 0 spiro atoms. The number of phosphoric ester groups is 1. The number of amides is 1. The molecular formula is C10H19N2O6P. The summed E-state index contributed by atoms with van der Waals surface area (Å²) in [5.41, 5.74) is -0.613. The lowest BCUT2D eigenvalue weighted by Crippen LogP contribution is -2.34. The standard InChI is InChI=1S/C10H19N2O6P/c1-10(2,3)18-9(13)12-6-8-17-19(14,15)16-7-4-5-11/h4,6-8H2,1-3H3,(H,12,13)(H,14,15). The van der Waals surface area contributed by atoms with E-state index in [1.54, 1.807) is 26.8 Å². The Morgan fingerprint density at radius 1 is 1.37 bits per heavy atom. The van der Waals surface area contributed by atoms with Crippen molar-refractivity contribution in [1.29, 1.82) is 5.26 Å². The first-order valence-corrected chi connectivity index (χ1v) is 7.11. The van der Waals surface area contributed by atoms with Gasteiger partial charge >= 0.3 is 13.9 Å². The lowest BCUT2D eigenvalue weighted by atomic mass is 10.2. The Morgan fingerprint density at radius 2 is 1.95 bits per heavy atom. The average Bonchev–Trinajstić information content (AvgIpc) is 2.22. The molecule has 0 heterocycles. The van der Waals surface area contributed by atoms with Crippen molar-refractivity contribution in [2.75, 3.05) is 19.8 Å². The molecular weight excluding hydrogens is 275 g/mol. The van der Waals surface area contributed by atoms with Gasteiger partial charge in [0.05, 0.1) is 25.7 Å². The summed E-state index contributed by atoms with van der Waals surface area (Å²) < 4.78 is 25.2. The first-order chi connectivity index (χ1) is 8.66. The Kier molecular flexibility index (Phi) is 7.64. The van der Waals surface area contributed by atoms with Gasteiger partial charge in [-0.1, -0.05) is 0 Å². The first kappa shape index (κ1) is 17.9. The van der Waals surface area contributed by atoms with Crippen molar-refractivity contribution in [3.63, 3.8) is 0 Å². The van der Waals surface area contributed by atoms with Crippen LogP contribution in [0.3, 0.4) is 0 Å². The first-order valence-electron chi connectivity index (χ1n) is 5.62. The fraction of sp³-hybridized carbons (Fsp3) is 0.800. The maximum Gasteiger partial charge on any atom is 0.472 e. The van der Waals surface area contributed by atoms with E-state index in [9.17, 15) is 9.36 Å². The van der Waals surface area contributed by atoms with E-state index in [0.29, 0.717) is 0 Å². The molecule has 110 valence electrons. The highest BCUT2D eigenvalue weighted by Crippen LogP contribution is 2.42. The van der Waals surface area contributed by atoms with Crippen LogP contribution < -0.4 is 5.32 Å². The van der Waals surface area contributed by atoms with Crippen molar-refractivity contribution >= 4 is 13.9 Å². The molecule has 8 nitrogen and oxygen atoms in total. The van der Waals surface area contributed by atoms with Crippen LogP contribution in [0, 0.1) is 11.3 Å². The van der Waals surface area contributed by atoms with E-state index < -0.39 is 19.5 Å². The third kappa shape index (κ3) is 11.7. The van der Waals surface area contributed by atoms with E-state index in [2.05, 4.69) is 14.4 Å². The summed E-state index contributed by atoms with van der Waals surface area (Å²) in [7, 11) is -4.17. The van der Waals surface area contributed by atoms with Gasteiger partial charge in [-0.3, -0.25) is 9.05 Å². The number of ether oxygens (including phenoxy) is 1. The third-order valence-electron chi connectivity index (χ3n) is 1.49.